The number of rotatable bonds is 6. The lowest BCUT2D eigenvalue weighted by atomic mass is 9.97. The Kier molecular flexibility index (Phi) is 4.63. The van der Waals surface area contributed by atoms with Gasteiger partial charge in [0, 0.05) is 50.6 Å². The zero-order valence-corrected chi connectivity index (χ0v) is 14.4. The molecule has 0 amide bonds. The van der Waals surface area contributed by atoms with Gasteiger partial charge in [-0.05, 0) is 24.6 Å². The number of hydrogen-bond donors (Lipinski definition) is 1. The molecule has 3 aromatic rings. The number of nitrogens with one attached hydrogen (secondary N) is 1. The molecule has 0 aliphatic carbocycles. The zero-order chi connectivity index (χ0) is 17.1. The summed E-state index contributed by atoms with van der Waals surface area (Å²) in [4.78, 5) is 0. The van der Waals surface area contributed by atoms with Crippen LogP contribution in [-0.2, 0) is 18.3 Å². The highest BCUT2D eigenvalue weighted by atomic mass is 16.5. The van der Waals surface area contributed by atoms with Crippen LogP contribution >= 0.6 is 0 Å². The van der Waals surface area contributed by atoms with Crippen molar-refractivity contribution >= 4 is 0 Å². The summed E-state index contributed by atoms with van der Waals surface area (Å²) in [5.74, 6) is 0.470. The van der Waals surface area contributed by atoms with Gasteiger partial charge in [0.25, 0.3) is 0 Å². The monoisotopic (exact) mass is 337 g/mol. The number of hydrogen-bond acceptors (Lipinski definition) is 4. The van der Waals surface area contributed by atoms with Gasteiger partial charge in [-0.25, -0.2) is 4.68 Å². The van der Waals surface area contributed by atoms with Crippen molar-refractivity contribution in [2.75, 3.05) is 13.2 Å². The van der Waals surface area contributed by atoms with Crippen molar-refractivity contribution in [3.05, 3.63) is 66.2 Å². The third kappa shape index (κ3) is 3.50. The van der Waals surface area contributed by atoms with Crippen molar-refractivity contribution in [2.45, 2.75) is 19.1 Å². The second-order valence-corrected chi connectivity index (χ2v) is 6.49. The van der Waals surface area contributed by atoms with Crippen molar-refractivity contribution in [3.63, 3.8) is 0 Å². The highest BCUT2D eigenvalue weighted by molar-refractivity contribution is 5.32. The van der Waals surface area contributed by atoms with Crippen LogP contribution in [0.4, 0.5) is 0 Å². The number of aromatic nitrogens is 4. The highest BCUT2D eigenvalue weighted by Crippen LogP contribution is 2.33. The Bertz CT molecular complexity index is 810. The van der Waals surface area contributed by atoms with Crippen molar-refractivity contribution in [1.29, 1.82) is 0 Å². The molecule has 2 atom stereocenters. The van der Waals surface area contributed by atoms with Crippen LogP contribution in [0.2, 0.25) is 0 Å². The van der Waals surface area contributed by atoms with E-state index in [1.54, 1.807) is 0 Å². The van der Waals surface area contributed by atoms with Crippen molar-refractivity contribution < 1.29 is 4.74 Å². The van der Waals surface area contributed by atoms with Crippen molar-refractivity contribution in [1.82, 2.24) is 24.9 Å². The summed E-state index contributed by atoms with van der Waals surface area (Å²) in [6.45, 7) is 2.51. The molecule has 1 aliphatic heterocycles. The minimum absolute atomic E-state index is 0.139. The van der Waals surface area contributed by atoms with Gasteiger partial charge in [-0.3, -0.25) is 4.68 Å². The van der Waals surface area contributed by atoms with Gasteiger partial charge in [-0.2, -0.15) is 10.2 Å². The van der Waals surface area contributed by atoms with E-state index in [1.165, 1.54) is 5.56 Å². The van der Waals surface area contributed by atoms with Gasteiger partial charge >= 0.3 is 0 Å². The molecular formula is C19H23N5O. The summed E-state index contributed by atoms with van der Waals surface area (Å²) in [5, 5.41) is 12.3. The molecule has 0 spiro atoms. The lowest BCUT2D eigenvalue weighted by Gasteiger charge is -2.18. The molecule has 1 aromatic carbocycles. The molecule has 25 heavy (non-hydrogen) atoms. The number of para-hydroxylation sites is 1. The lowest BCUT2D eigenvalue weighted by molar-refractivity contribution is 0.0903. The Morgan fingerprint density at radius 1 is 1.20 bits per heavy atom. The normalized spacial score (nSPS) is 20.2. The van der Waals surface area contributed by atoms with Crippen LogP contribution < -0.4 is 5.32 Å². The molecule has 0 radical (unpaired) electrons. The first-order valence-corrected chi connectivity index (χ1v) is 8.70. The number of benzene rings is 1. The molecule has 1 saturated heterocycles. The van der Waals surface area contributed by atoms with Crippen molar-refractivity contribution in [3.8, 4) is 5.69 Å². The Hall–Kier alpha value is -2.44. The van der Waals surface area contributed by atoms with Crippen LogP contribution in [0.1, 0.15) is 23.8 Å². The van der Waals surface area contributed by atoms with Gasteiger partial charge in [0.1, 0.15) is 0 Å². The molecule has 0 saturated carbocycles. The molecule has 1 N–H and O–H groups in total. The molecule has 1 aliphatic rings. The zero-order valence-electron chi connectivity index (χ0n) is 14.4. The van der Waals surface area contributed by atoms with Crippen LogP contribution in [0.3, 0.4) is 0 Å². The highest BCUT2D eigenvalue weighted by Gasteiger charge is 2.30. The molecule has 3 heterocycles. The van der Waals surface area contributed by atoms with Crippen LogP contribution in [0, 0.1) is 5.92 Å². The molecule has 6 heteroatoms. The third-order valence-electron chi connectivity index (χ3n) is 4.70. The SMILES string of the molecule is Cn1cc([C@@H]2OCC[C@H]2CNCc2ccnn2-c2ccccc2)cn1. The molecule has 130 valence electrons. The Labute approximate surface area is 147 Å². The summed E-state index contributed by atoms with van der Waals surface area (Å²) in [6.07, 6.45) is 7.02. The van der Waals surface area contributed by atoms with E-state index in [2.05, 4.69) is 33.7 Å². The molecule has 1 fully saturated rings. The first-order chi connectivity index (χ1) is 12.3. The quantitative estimate of drug-likeness (QED) is 0.751. The smallest absolute Gasteiger partial charge is 0.0896 e. The van der Waals surface area contributed by atoms with Crippen LogP contribution in [0.5, 0.6) is 0 Å². The topological polar surface area (TPSA) is 56.9 Å². The number of ether oxygens (including phenoxy) is 1. The maximum atomic E-state index is 5.93. The maximum Gasteiger partial charge on any atom is 0.0896 e. The average molecular weight is 337 g/mol. The Morgan fingerprint density at radius 2 is 2.08 bits per heavy atom. The van der Waals surface area contributed by atoms with E-state index in [0.29, 0.717) is 5.92 Å². The van der Waals surface area contributed by atoms with Gasteiger partial charge in [0.2, 0.25) is 0 Å². The standard InChI is InChI=1S/C19H23N5O/c1-23-14-16(12-22-23)19-15(8-10-25-19)11-20-13-18-7-9-21-24(18)17-5-3-2-4-6-17/h2-7,9,12,14-15,19-20H,8,10-11,13H2,1H3/t15-,19+/m0/s1. The summed E-state index contributed by atoms with van der Waals surface area (Å²) in [5.41, 5.74) is 3.41. The van der Waals surface area contributed by atoms with E-state index in [4.69, 9.17) is 4.74 Å². The van der Waals surface area contributed by atoms with Crippen LogP contribution in [0.25, 0.3) is 5.69 Å². The van der Waals surface area contributed by atoms with Gasteiger partial charge < -0.3 is 10.1 Å². The maximum absolute atomic E-state index is 5.93. The average Bonchev–Trinajstić information content (AvgIpc) is 3.36. The summed E-state index contributed by atoms with van der Waals surface area (Å²) < 4.78 is 9.75. The Morgan fingerprint density at radius 3 is 2.88 bits per heavy atom. The first kappa shape index (κ1) is 16.1. The van der Waals surface area contributed by atoms with Gasteiger partial charge in [-0.15, -0.1) is 0 Å². The largest absolute Gasteiger partial charge is 0.373 e. The molecule has 4 rings (SSSR count). The lowest BCUT2D eigenvalue weighted by Crippen LogP contribution is -2.25. The predicted molar refractivity (Wildman–Crippen MR) is 95.3 cm³/mol. The second kappa shape index (κ2) is 7.21. The van der Waals surface area contributed by atoms with E-state index in [0.717, 1.165) is 37.5 Å². The Balaban J connectivity index is 1.38. The first-order valence-electron chi connectivity index (χ1n) is 8.70. The molecule has 6 nitrogen and oxygen atoms in total. The van der Waals surface area contributed by atoms with E-state index in [1.807, 2.05) is 53.2 Å². The summed E-state index contributed by atoms with van der Waals surface area (Å²) in [6, 6.07) is 12.3. The van der Waals surface area contributed by atoms with E-state index in [-0.39, 0.29) is 6.10 Å². The fourth-order valence-electron chi connectivity index (χ4n) is 3.45. The summed E-state index contributed by atoms with van der Waals surface area (Å²) >= 11 is 0. The minimum Gasteiger partial charge on any atom is -0.373 e. The fourth-order valence-corrected chi connectivity index (χ4v) is 3.45. The van der Waals surface area contributed by atoms with E-state index in [9.17, 15) is 0 Å². The molecule has 0 unspecified atom stereocenters. The van der Waals surface area contributed by atoms with E-state index < -0.39 is 0 Å². The van der Waals surface area contributed by atoms with Crippen LogP contribution in [0.15, 0.2) is 55.0 Å². The van der Waals surface area contributed by atoms with Crippen molar-refractivity contribution in [2.24, 2.45) is 13.0 Å². The van der Waals surface area contributed by atoms with E-state index >= 15 is 0 Å². The summed E-state index contributed by atoms with van der Waals surface area (Å²) in [7, 11) is 1.94. The predicted octanol–water partition coefficient (Wildman–Crippen LogP) is 2.47. The minimum atomic E-state index is 0.139. The number of aryl methyl sites for hydroxylation is 1. The second-order valence-electron chi connectivity index (χ2n) is 6.49. The molecule has 0 bridgehead atoms. The molecular weight excluding hydrogens is 314 g/mol. The third-order valence-corrected chi connectivity index (χ3v) is 4.70. The number of nitrogens with zero attached hydrogens (tertiary/aromatic N) is 4. The van der Waals surface area contributed by atoms with Crippen LogP contribution in [-0.4, -0.2) is 32.7 Å². The van der Waals surface area contributed by atoms with Gasteiger partial charge in [0.15, 0.2) is 0 Å². The molecule has 2 aromatic heterocycles. The van der Waals surface area contributed by atoms with Gasteiger partial charge in [0.05, 0.1) is 23.7 Å². The fraction of sp³-hybridized carbons (Fsp3) is 0.368. The van der Waals surface area contributed by atoms with Gasteiger partial charge in [-0.1, -0.05) is 18.2 Å².